The predicted molar refractivity (Wildman–Crippen MR) is 106 cm³/mol. The van der Waals surface area contributed by atoms with Gasteiger partial charge in [0.2, 0.25) is 0 Å². The Hall–Kier alpha value is -0.0800. The van der Waals surface area contributed by atoms with Gasteiger partial charge in [-0.2, -0.15) is 0 Å². The molecule has 1 aliphatic carbocycles. The third-order valence-corrected chi connectivity index (χ3v) is 4.95. The number of nitrogens with one attached hydrogen (secondary N) is 2. The lowest BCUT2D eigenvalue weighted by Crippen LogP contribution is -2.41. The molecule has 2 N–H and O–H groups in total. The average Bonchev–Trinajstić information content (AvgIpc) is 2.99. The van der Waals surface area contributed by atoms with Crippen molar-refractivity contribution in [1.29, 1.82) is 0 Å². The highest BCUT2D eigenvalue weighted by molar-refractivity contribution is 14.0. The maximum Gasteiger partial charge on any atom is 0.191 e. The molecule has 1 saturated heterocycles. The second-order valence-corrected chi connectivity index (χ2v) is 6.54. The van der Waals surface area contributed by atoms with Crippen LogP contribution in [-0.2, 0) is 9.47 Å². The molecule has 1 unspecified atom stereocenters. The summed E-state index contributed by atoms with van der Waals surface area (Å²) in [5.41, 5.74) is 0.471. The molecule has 136 valence electrons. The Morgan fingerprint density at radius 1 is 1.26 bits per heavy atom. The number of aliphatic imine (C=N–C) groups is 1. The minimum absolute atomic E-state index is 0. The van der Waals surface area contributed by atoms with E-state index in [9.17, 15) is 0 Å². The molecule has 23 heavy (non-hydrogen) atoms. The van der Waals surface area contributed by atoms with E-state index in [4.69, 9.17) is 14.5 Å². The molecular formula is C17H34IN3O2. The summed E-state index contributed by atoms with van der Waals surface area (Å²) in [6.45, 7) is 9.31. The van der Waals surface area contributed by atoms with Gasteiger partial charge in [0, 0.05) is 26.2 Å². The van der Waals surface area contributed by atoms with Gasteiger partial charge < -0.3 is 20.1 Å². The normalized spacial score (nSPS) is 23.0. The zero-order valence-electron chi connectivity index (χ0n) is 14.7. The molecular weight excluding hydrogens is 405 g/mol. The zero-order chi connectivity index (χ0) is 15.7. The lowest BCUT2D eigenvalue weighted by atomic mass is 9.67. The first kappa shape index (κ1) is 21.0. The molecule has 0 aromatic heterocycles. The standard InChI is InChI=1S/C17H33N3O2.HI/c1-3-17(8-6-9-17)14-20-16(18-4-2)19-10-12-21-13-15-7-5-11-22-15;/h15H,3-14H2,1-2H3,(H2,18,19,20);1H. The Morgan fingerprint density at radius 2 is 2.09 bits per heavy atom. The van der Waals surface area contributed by atoms with Gasteiger partial charge in [0.05, 0.1) is 19.3 Å². The van der Waals surface area contributed by atoms with E-state index in [2.05, 4.69) is 24.5 Å². The third kappa shape index (κ3) is 7.13. The Labute approximate surface area is 158 Å². The van der Waals surface area contributed by atoms with E-state index in [0.717, 1.165) is 38.6 Å². The molecule has 0 spiro atoms. The number of halogens is 1. The Balaban J connectivity index is 0.00000264. The molecule has 2 fully saturated rings. The van der Waals surface area contributed by atoms with E-state index in [0.29, 0.717) is 24.7 Å². The van der Waals surface area contributed by atoms with Crippen LogP contribution in [0.25, 0.3) is 0 Å². The van der Waals surface area contributed by atoms with E-state index in [-0.39, 0.29) is 24.0 Å². The SMILES string of the molecule is CCNC(=NCC1(CC)CCC1)NCCOCC1CCCO1.I. The molecule has 2 rings (SSSR count). The molecule has 1 aliphatic heterocycles. The van der Waals surface area contributed by atoms with E-state index in [1.807, 2.05) is 0 Å². The van der Waals surface area contributed by atoms with Crippen molar-refractivity contribution in [3.63, 3.8) is 0 Å². The second kappa shape index (κ2) is 11.5. The number of nitrogens with zero attached hydrogens (tertiary/aromatic N) is 1. The van der Waals surface area contributed by atoms with E-state index >= 15 is 0 Å². The molecule has 0 radical (unpaired) electrons. The summed E-state index contributed by atoms with van der Waals surface area (Å²) < 4.78 is 11.2. The van der Waals surface area contributed by atoms with Crippen molar-refractivity contribution in [2.75, 3.05) is 39.5 Å². The third-order valence-electron chi connectivity index (χ3n) is 4.95. The molecule has 1 saturated carbocycles. The van der Waals surface area contributed by atoms with Gasteiger partial charge >= 0.3 is 0 Å². The number of hydrogen-bond donors (Lipinski definition) is 2. The van der Waals surface area contributed by atoms with Crippen molar-refractivity contribution in [3.8, 4) is 0 Å². The van der Waals surface area contributed by atoms with Gasteiger partial charge in [-0.25, -0.2) is 0 Å². The van der Waals surface area contributed by atoms with Crippen molar-refractivity contribution < 1.29 is 9.47 Å². The van der Waals surface area contributed by atoms with Gasteiger partial charge in [-0.3, -0.25) is 4.99 Å². The fourth-order valence-corrected chi connectivity index (χ4v) is 3.12. The molecule has 0 bridgehead atoms. The second-order valence-electron chi connectivity index (χ2n) is 6.54. The molecule has 0 aromatic carbocycles. The number of hydrogen-bond acceptors (Lipinski definition) is 3. The van der Waals surface area contributed by atoms with Gasteiger partial charge in [0.15, 0.2) is 5.96 Å². The van der Waals surface area contributed by atoms with Crippen LogP contribution < -0.4 is 10.6 Å². The summed E-state index contributed by atoms with van der Waals surface area (Å²) in [5, 5.41) is 6.68. The zero-order valence-corrected chi connectivity index (χ0v) is 17.1. The summed E-state index contributed by atoms with van der Waals surface area (Å²) >= 11 is 0. The van der Waals surface area contributed by atoms with E-state index in [1.165, 1.54) is 32.1 Å². The fourth-order valence-electron chi connectivity index (χ4n) is 3.12. The highest BCUT2D eigenvalue weighted by Crippen LogP contribution is 2.43. The Kier molecular flexibility index (Phi) is 10.5. The molecule has 0 amide bonds. The highest BCUT2D eigenvalue weighted by atomic mass is 127. The van der Waals surface area contributed by atoms with Crippen molar-refractivity contribution in [2.24, 2.45) is 10.4 Å². The maximum atomic E-state index is 5.67. The van der Waals surface area contributed by atoms with Gasteiger partial charge in [0.25, 0.3) is 0 Å². The van der Waals surface area contributed by atoms with Crippen molar-refractivity contribution >= 4 is 29.9 Å². The smallest absolute Gasteiger partial charge is 0.191 e. The number of ether oxygens (including phenoxy) is 2. The molecule has 5 nitrogen and oxygen atoms in total. The van der Waals surface area contributed by atoms with Crippen LogP contribution in [0.5, 0.6) is 0 Å². The van der Waals surface area contributed by atoms with Crippen LogP contribution in [0.4, 0.5) is 0 Å². The molecule has 1 heterocycles. The minimum atomic E-state index is 0. The minimum Gasteiger partial charge on any atom is -0.377 e. The topological polar surface area (TPSA) is 54.9 Å². The van der Waals surface area contributed by atoms with Crippen LogP contribution >= 0.6 is 24.0 Å². The maximum absolute atomic E-state index is 5.67. The van der Waals surface area contributed by atoms with Gasteiger partial charge in [0.1, 0.15) is 0 Å². The lowest BCUT2D eigenvalue weighted by Gasteiger charge is -2.40. The van der Waals surface area contributed by atoms with Crippen molar-refractivity contribution in [3.05, 3.63) is 0 Å². The average molecular weight is 439 g/mol. The summed E-state index contributed by atoms with van der Waals surface area (Å²) in [6.07, 6.45) is 7.88. The summed E-state index contributed by atoms with van der Waals surface area (Å²) in [6, 6.07) is 0. The van der Waals surface area contributed by atoms with Crippen molar-refractivity contribution in [1.82, 2.24) is 10.6 Å². The number of guanidine groups is 1. The summed E-state index contributed by atoms with van der Waals surface area (Å²) in [7, 11) is 0. The van der Waals surface area contributed by atoms with Crippen LogP contribution in [0.3, 0.4) is 0 Å². The highest BCUT2D eigenvalue weighted by Gasteiger charge is 2.34. The summed E-state index contributed by atoms with van der Waals surface area (Å²) in [4.78, 5) is 4.77. The quantitative estimate of drug-likeness (QED) is 0.251. The van der Waals surface area contributed by atoms with Crippen molar-refractivity contribution in [2.45, 2.75) is 58.5 Å². The summed E-state index contributed by atoms with van der Waals surface area (Å²) in [5.74, 6) is 0.919. The van der Waals surface area contributed by atoms with Crippen LogP contribution in [0.15, 0.2) is 4.99 Å². The first-order valence-corrected chi connectivity index (χ1v) is 8.99. The predicted octanol–water partition coefficient (Wildman–Crippen LogP) is 2.94. The first-order valence-electron chi connectivity index (χ1n) is 8.99. The molecule has 1 atom stereocenters. The van der Waals surface area contributed by atoms with Gasteiger partial charge in [-0.1, -0.05) is 13.3 Å². The van der Waals surface area contributed by atoms with Crippen LogP contribution in [0.2, 0.25) is 0 Å². The van der Waals surface area contributed by atoms with E-state index < -0.39 is 0 Å². The van der Waals surface area contributed by atoms with E-state index in [1.54, 1.807) is 0 Å². The van der Waals surface area contributed by atoms with Gasteiger partial charge in [-0.05, 0) is 44.4 Å². The Bertz CT molecular complexity index is 337. The monoisotopic (exact) mass is 439 g/mol. The molecule has 2 aliphatic rings. The largest absolute Gasteiger partial charge is 0.377 e. The van der Waals surface area contributed by atoms with Crippen LogP contribution in [0, 0.1) is 5.41 Å². The van der Waals surface area contributed by atoms with Gasteiger partial charge in [-0.15, -0.1) is 24.0 Å². The Morgan fingerprint density at radius 3 is 2.65 bits per heavy atom. The molecule has 0 aromatic rings. The number of rotatable bonds is 9. The molecule has 6 heteroatoms. The lowest BCUT2D eigenvalue weighted by molar-refractivity contribution is 0.0191. The first-order chi connectivity index (χ1) is 10.8. The van der Waals surface area contributed by atoms with Crippen LogP contribution in [0.1, 0.15) is 52.4 Å². The van der Waals surface area contributed by atoms with Crippen LogP contribution in [-0.4, -0.2) is 51.5 Å². The fraction of sp³-hybridized carbons (Fsp3) is 0.941.